The van der Waals surface area contributed by atoms with Crippen molar-refractivity contribution in [3.05, 3.63) is 48.4 Å². The van der Waals surface area contributed by atoms with Crippen LogP contribution in [0.3, 0.4) is 0 Å². The molecule has 0 spiro atoms. The molecule has 0 saturated carbocycles. The number of hydrogen-bond donors (Lipinski definition) is 0. The molecule has 0 amide bonds. The Morgan fingerprint density at radius 2 is 2.05 bits per heavy atom. The number of imidazole rings is 1. The molecule has 2 heterocycles. The standard InChI is InChI=1S/C16H12N4O2/c1-2-22-16(21)14-15-19-18-13-11-6-4-3-5-10(11)7-8-12(13)20(15)9-17-14/h3-9H,2H2,1H3. The Labute approximate surface area is 125 Å². The van der Waals surface area contributed by atoms with Crippen molar-refractivity contribution in [2.45, 2.75) is 6.92 Å². The maximum absolute atomic E-state index is 11.9. The van der Waals surface area contributed by atoms with Crippen molar-refractivity contribution in [1.29, 1.82) is 0 Å². The van der Waals surface area contributed by atoms with Crippen LogP contribution in [0, 0.1) is 0 Å². The number of aromatic nitrogens is 4. The van der Waals surface area contributed by atoms with Crippen LogP contribution in [0.1, 0.15) is 17.4 Å². The summed E-state index contributed by atoms with van der Waals surface area (Å²) >= 11 is 0. The zero-order valence-corrected chi connectivity index (χ0v) is 11.9. The van der Waals surface area contributed by atoms with E-state index in [1.165, 1.54) is 0 Å². The highest BCUT2D eigenvalue weighted by atomic mass is 16.5. The summed E-state index contributed by atoms with van der Waals surface area (Å²) in [7, 11) is 0. The molecule has 0 aliphatic carbocycles. The van der Waals surface area contributed by atoms with Crippen LogP contribution in [-0.4, -0.2) is 32.2 Å². The molecule has 0 fully saturated rings. The van der Waals surface area contributed by atoms with E-state index in [0.29, 0.717) is 12.3 Å². The molecule has 0 unspecified atom stereocenters. The third kappa shape index (κ3) is 1.74. The van der Waals surface area contributed by atoms with Crippen LogP contribution in [0.2, 0.25) is 0 Å². The van der Waals surface area contributed by atoms with Gasteiger partial charge >= 0.3 is 5.97 Å². The Kier molecular flexibility index (Phi) is 2.75. The van der Waals surface area contributed by atoms with Gasteiger partial charge in [0.1, 0.15) is 11.8 Å². The van der Waals surface area contributed by atoms with Gasteiger partial charge in [-0.2, -0.15) is 0 Å². The zero-order valence-electron chi connectivity index (χ0n) is 11.9. The van der Waals surface area contributed by atoms with Crippen molar-refractivity contribution in [3.8, 4) is 0 Å². The lowest BCUT2D eigenvalue weighted by Crippen LogP contribution is -2.07. The maximum Gasteiger partial charge on any atom is 0.360 e. The summed E-state index contributed by atoms with van der Waals surface area (Å²) in [6.07, 6.45) is 1.58. The summed E-state index contributed by atoms with van der Waals surface area (Å²) < 4.78 is 6.76. The highest BCUT2D eigenvalue weighted by Crippen LogP contribution is 2.24. The Bertz CT molecular complexity index is 1020. The van der Waals surface area contributed by atoms with E-state index in [2.05, 4.69) is 15.2 Å². The first-order valence-electron chi connectivity index (χ1n) is 6.98. The molecule has 0 saturated heterocycles. The predicted octanol–water partition coefficient (Wildman–Crippen LogP) is 2.61. The van der Waals surface area contributed by atoms with E-state index in [9.17, 15) is 4.79 Å². The molecule has 2 aromatic heterocycles. The predicted molar refractivity (Wildman–Crippen MR) is 81.8 cm³/mol. The average molecular weight is 292 g/mol. The van der Waals surface area contributed by atoms with Crippen molar-refractivity contribution in [2.24, 2.45) is 0 Å². The minimum Gasteiger partial charge on any atom is -0.461 e. The molecule has 22 heavy (non-hydrogen) atoms. The van der Waals surface area contributed by atoms with Crippen LogP contribution in [0.15, 0.2) is 42.7 Å². The SMILES string of the molecule is CCOC(=O)c1ncn2c1nnc1c3ccccc3ccc12. The van der Waals surface area contributed by atoms with E-state index in [1.807, 2.05) is 36.4 Å². The first-order chi connectivity index (χ1) is 10.8. The van der Waals surface area contributed by atoms with Gasteiger partial charge in [-0.3, -0.25) is 4.40 Å². The van der Waals surface area contributed by atoms with E-state index < -0.39 is 5.97 Å². The van der Waals surface area contributed by atoms with E-state index in [4.69, 9.17) is 4.74 Å². The Morgan fingerprint density at radius 3 is 2.91 bits per heavy atom. The molecular formula is C16H12N4O2. The van der Waals surface area contributed by atoms with Gasteiger partial charge in [0, 0.05) is 5.39 Å². The van der Waals surface area contributed by atoms with Gasteiger partial charge in [-0.1, -0.05) is 30.3 Å². The fraction of sp³-hybridized carbons (Fsp3) is 0.125. The number of benzene rings is 2. The molecule has 6 nitrogen and oxygen atoms in total. The lowest BCUT2D eigenvalue weighted by Gasteiger charge is -2.04. The zero-order chi connectivity index (χ0) is 15.1. The lowest BCUT2D eigenvalue weighted by atomic mass is 10.1. The molecule has 0 radical (unpaired) electrons. The quantitative estimate of drug-likeness (QED) is 0.419. The normalized spacial score (nSPS) is 11.3. The smallest absolute Gasteiger partial charge is 0.360 e. The van der Waals surface area contributed by atoms with E-state index in [-0.39, 0.29) is 5.69 Å². The second-order valence-corrected chi connectivity index (χ2v) is 4.86. The molecule has 0 N–H and O–H groups in total. The first-order valence-corrected chi connectivity index (χ1v) is 6.98. The van der Waals surface area contributed by atoms with Crippen LogP contribution in [0.5, 0.6) is 0 Å². The molecule has 0 aliphatic heterocycles. The summed E-state index contributed by atoms with van der Waals surface area (Å²) in [4.78, 5) is 16.0. The second-order valence-electron chi connectivity index (χ2n) is 4.86. The third-order valence-corrected chi connectivity index (χ3v) is 3.59. The lowest BCUT2D eigenvalue weighted by molar-refractivity contribution is 0.0522. The maximum atomic E-state index is 11.9. The molecule has 108 valence electrons. The number of nitrogens with zero attached hydrogens (tertiary/aromatic N) is 4. The highest BCUT2D eigenvalue weighted by molar-refractivity contribution is 6.04. The minimum absolute atomic E-state index is 0.185. The van der Waals surface area contributed by atoms with Crippen molar-refractivity contribution in [1.82, 2.24) is 19.6 Å². The molecule has 0 aliphatic rings. The van der Waals surface area contributed by atoms with Gasteiger partial charge in [-0.05, 0) is 18.4 Å². The van der Waals surface area contributed by atoms with Crippen LogP contribution >= 0.6 is 0 Å². The summed E-state index contributed by atoms with van der Waals surface area (Å²) in [5.41, 5.74) is 2.22. The van der Waals surface area contributed by atoms with Crippen molar-refractivity contribution >= 4 is 33.4 Å². The second kappa shape index (κ2) is 4.77. The summed E-state index contributed by atoms with van der Waals surface area (Å²) in [5.74, 6) is -0.487. The molecule has 2 aromatic carbocycles. The molecule has 0 atom stereocenters. The number of carbonyl (C=O) groups excluding carboxylic acids is 1. The minimum atomic E-state index is -0.487. The Morgan fingerprint density at radius 1 is 1.18 bits per heavy atom. The van der Waals surface area contributed by atoms with E-state index >= 15 is 0 Å². The van der Waals surface area contributed by atoms with Gasteiger partial charge in [0.2, 0.25) is 0 Å². The molecular weight excluding hydrogens is 280 g/mol. The summed E-state index contributed by atoms with van der Waals surface area (Å²) in [6, 6.07) is 11.9. The van der Waals surface area contributed by atoms with Crippen molar-refractivity contribution in [2.75, 3.05) is 6.61 Å². The molecule has 6 heteroatoms. The Hall–Kier alpha value is -3.02. The number of esters is 1. The van der Waals surface area contributed by atoms with Crippen LogP contribution in [-0.2, 0) is 4.74 Å². The number of rotatable bonds is 2. The number of fused-ring (bicyclic) bond motifs is 5. The number of carbonyl (C=O) groups is 1. The average Bonchev–Trinajstić information content (AvgIpc) is 2.99. The van der Waals surface area contributed by atoms with Gasteiger partial charge in [-0.25, -0.2) is 9.78 Å². The fourth-order valence-corrected chi connectivity index (χ4v) is 2.60. The van der Waals surface area contributed by atoms with Crippen LogP contribution in [0.25, 0.3) is 27.5 Å². The largest absolute Gasteiger partial charge is 0.461 e. The monoisotopic (exact) mass is 292 g/mol. The third-order valence-electron chi connectivity index (χ3n) is 3.59. The van der Waals surface area contributed by atoms with Gasteiger partial charge in [-0.15, -0.1) is 10.2 Å². The van der Waals surface area contributed by atoms with Gasteiger partial charge in [0.05, 0.1) is 12.1 Å². The first kappa shape index (κ1) is 12.7. The van der Waals surface area contributed by atoms with Gasteiger partial charge in [0.25, 0.3) is 0 Å². The van der Waals surface area contributed by atoms with Crippen molar-refractivity contribution < 1.29 is 9.53 Å². The van der Waals surface area contributed by atoms with Crippen LogP contribution < -0.4 is 0 Å². The molecule has 0 bridgehead atoms. The van der Waals surface area contributed by atoms with Gasteiger partial charge < -0.3 is 4.74 Å². The van der Waals surface area contributed by atoms with Crippen molar-refractivity contribution in [3.63, 3.8) is 0 Å². The van der Waals surface area contributed by atoms with Crippen LogP contribution in [0.4, 0.5) is 0 Å². The van der Waals surface area contributed by atoms with Gasteiger partial charge in [0.15, 0.2) is 11.3 Å². The fourth-order valence-electron chi connectivity index (χ4n) is 2.60. The molecule has 4 aromatic rings. The highest BCUT2D eigenvalue weighted by Gasteiger charge is 2.18. The summed E-state index contributed by atoms with van der Waals surface area (Å²) in [5, 5.41) is 10.6. The van der Waals surface area contributed by atoms with E-state index in [0.717, 1.165) is 21.8 Å². The Balaban J connectivity index is 2.04. The topological polar surface area (TPSA) is 69.4 Å². The number of hydrogen-bond acceptors (Lipinski definition) is 5. The number of ether oxygens (including phenoxy) is 1. The van der Waals surface area contributed by atoms with E-state index in [1.54, 1.807) is 17.7 Å². The molecule has 4 rings (SSSR count). The summed E-state index contributed by atoms with van der Waals surface area (Å²) in [6.45, 7) is 2.05.